The van der Waals surface area contributed by atoms with Crippen LogP contribution in [0.4, 0.5) is 0 Å². The zero-order valence-electron chi connectivity index (χ0n) is 8.69. The fourth-order valence-electron chi connectivity index (χ4n) is 2.03. The minimum absolute atomic E-state index is 0.582. The molecule has 0 N–H and O–H groups in total. The summed E-state index contributed by atoms with van der Waals surface area (Å²) in [7, 11) is 0. The van der Waals surface area contributed by atoms with Crippen molar-refractivity contribution in [2.75, 3.05) is 19.6 Å². The summed E-state index contributed by atoms with van der Waals surface area (Å²) in [5, 5.41) is 0. The summed E-state index contributed by atoms with van der Waals surface area (Å²) >= 11 is 0. The van der Waals surface area contributed by atoms with Crippen LogP contribution >= 0.6 is 0 Å². The second-order valence-corrected chi connectivity index (χ2v) is 3.82. The van der Waals surface area contributed by atoms with Gasteiger partial charge in [0.25, 0.3) is 0 Å². The standard InChI is InChI=1S/C11H17N3/c1-2-14-8-4-10(5-9-14)11-12-6-3-7-13-11/h3,6-7,10H,2,4-5,8-9H2,1H3. The Balaban J connectivity index is 1.96. The molecule has 3 heteroatoms. The summed E-state index contributed by atoms with van der Waals surface area (Å²) in [4.78, 5) is 11.1. The van der Waals surface area contributed by atoms with E-state index < -0.39 is 0 Å². The molecule has 1 aliphatic rings. The topological polar surface area (TPSA) is 29.0 Å². The molecule has 1 aromatic heterocycles. The molecule has 2 rings (SSSR count). The average molecular weight is 191 g/mol. The van der Waals surface area contributed by atoms with E-state index >= 15 is 0 Å². The number of piperidine rings is 1. The molecule has 76 valence electrons. The van der Waals surface area contributed by atoms with Gasteiger partial charge in [-0.1, -0.05) is 6.92 Å². The average Bonchev–Trinajstić information content (AvgIpc) is 2.30. The summed E-state index contributed by atoms with van der Waals surface area (Å²) in [5.41, 5.74) is 0. The molecule has 1 aromatic rings. The van der Waals surface area contributed by atoms with Gasteiger partial charge in [-0.2, -0.15) is 0 Å². The number of likely N-dealkylation sites (tertiary alicyclic amines) is 1. The molecular weight excluding hydrogens is 174 g/mol. The second kappa shape index (κ2) is 4.51. The highest BCUT2D eigenvalue weighted by atomic mass is 15.1. The van der Waals surface area contributed by atoms with E-state index in [1.807, 2.05) is 18.5 Å². The van der Waals surface area contributed by atoms with Crippen molar-refractivity contribution in [1.82, 2.24) is 14.9 Å². The first-order valence-corrected chi connectivity index (χ1v) is 5.39. The monoisotopic (exact) mass is 191 g/mol. The first-order chi connectivity index (χ1) is 6.90. The normalized spacial score (nSPS) is 19.8. The molecule has 2 heterocycles. The van der Waals surface area contributed by atoms with Crippen LogP contribution < -0.4 is 0 Å². The Morgan fingerprint density at radius 1 is 1.29 bits per heavy atom. The van der Waals surface area contributed by atoms with Crippen molar-refractivity contribution in [1.29, 1.82) is 0 Å². The van der Waals surface area contributed by atoms with Crippen LogP contribution in [0.5, 0.6) is 0 Å². The van der Waals surface area contributed by atoms with Gasteiger partial charge in [0.15, 0.2) is 0 Å². The fraction of sp³-hybridized carbons (Fsp3) is 0.636. The van der Waals surface area contributed by atoms with Crippen molar-refractivity contribution in [3.05, 3.63) is 24.3 Å². The van der Waals surface area contributed by atoms with Gasteiger partial charge in [-0.3, -0.25) is 0 Å². The molecule has 0 spiro atoms. The van der Waals surface area contributed by atoms with Gasteiger partial charge in [0.05, 0.1) is 0 Å². The van der Waals surface area contributed by atoms with Crippen LogP contribution in [0.3, 0.4) is 0 Å². The number of rotatable bonds is 2. The number of hydrogen-bond donors (Lipinski definition) is 0. The lowest BCUT2D eigenvalue weighted by Crippen LogP contribution is -2.33. The van der Waals surface area contributed by atoms with Gasteiger partial charge in [0.1, 0.15) is 5.82 Å². The Morgan fingerprint density at radius 3 is 2.50 bits per heavy atom. The number of aromatic nitrogens is 2. The molecule has 0 amide bonds. The highest BCUT2D eigenvalue weighted by molar-refractivity contribution is 4.98. The third-order valence-corrected chi connectivity index (χ3v) is 2.99. The van der Waals surface area contributed by atoms with Crippen LogP contribution in [-0.4, -0.2) is 34.5 Å². The van der Waals surface area contributed by atoms with Gasteiger partial charge in [0, 0.05) is 18.3 Å². The van der Waals surface area contributed by atoms with Gasteiger partial charge in [-0.15, -0.1) is 0 Å². The van der Waals surface area contributed by atoms with Crippen molar-refractivity contribution >= 4 is 0 Å². The molecule has 0 aliphatic carbocycles. The van der Waals surface area contributed by atoms with E-state index in [9.17, 15) is 0 Å². The number of nitrogens with zero attached hydrogens (tertiary/aromatic N) is 3. The maximum Gasteiger partial charge on any atom is 0.131 e. The van der Waals surface area contributed by atoms with Crippen LogP contribution in [0.2, 0.25) is 0 Å². The maximum absolute atomic E-state index is 4.32. The van der Waals surface area contributed by atoms with E-state index in [1.165, 1.54) is 32.5 Å². The molecule has 0 aromatic carbocycles. The predicted molar refractivity (Wildman–Crippen MR) is 56.1 cm³/mol. The molecule has 0 saturated carbocycles. The van der Waals surface area contributed by atoms with Gasteiger partial charge < -0.3 is 4.90 Å². The van der Waals surface area contributed by atoms with Gasteiger partial charge >= 0.3 is 0 Å². The van der Waals surface area contributed by atoms with E-state index in [0.29, 0.717) is 5.92 Å². The SMILES string of the molecule is CCN1CCC(c2ncccn2)CC1. The van der Waals surface area contributed by atoms with Crippen molar-refractivity contribution < 1.29 is 0 Å². The lowest BCUT2D eigenvalue weighted by atomic mass is 9.96. The zero-order valence-corrected chi connectivity index (χ0v) is 8.69. The highest BCUT2D eigenvalue weighted by Crippen LogP contribution is 2.24. The van der Waals surface area contributed by atoms with Crippen LogP contribution in [0.25, 0.3) is 0 Å². The van der Waals surface area contributed by atoms with Gasteiger partial charge in [-0.05, 0) is 38.5 Å². The molecule has 0 atom stereocenters. The third-order valence-electron chi connectivity index (χ3n) is 2.99. The third kappa shape index (κ3) is 2.10. The van der Waals surface area contributed by atoms with Crippen LogP contribution in [-0.2, 0) is 0 Å². The van der Waals surface area contributed by atoms with Crippen molar-refractivity contribution in [3.63, 3.8) is 0 Å². The quantitative estimate of drug-likeness (QED) is 0.712. The largest absolute Gasteiger partial charge is 0.304 e. The van der Waals surface area contributed by atoms with Crippen molar-refractivity contribution in [3.8, 4) is 0 Å². The molecule has 0 bridgehead atoms. The molecule has 1 saturated heterocycles. The Morgan fingerprint density at radius 2 is 1.93 bits per heavy atom. The Labute approximate surface area is 85.2 Å². The Bertz CT molecular complexity index is 265. The Hall–Kier alpha value is -0.960. The molecule has 1 aliphatic heterocycles. The molecular formula is C11H17N3. The van der Waals surface area contributed by atoms with Crippen LogP contribution in [0, 0.1) is 0 Å². The minimum Gasteiger partial charge on any atom is -0.304 e. The Kier molecular flexibility index (Phi) is 3.09. The molecule has 1 fully saturated rings. The minimum atomic E-state index is 0.582. The highest BCUT2D eigenvalue weighted by Gasteiger charge is 2.20. The molecule has 0 unspecified atom stereocenters. The van der Waals surface area contributed by atoms with Crippen molar-refractivity contribution in [2.24, 2.45) is 0 Å². The predicted octanol–water partition coefficient (Wildman–Crippen LogP) is 1.68. The van der Waals surface area contributed by atoms with E-state index in [4.69, 9.17) is 0 Å². The lowest BCUT2D eigenvalue weighted by Gasteiger charge is -2.29. The van der Waals surface area contributed by atoms with E-state index in [2.05, 4.69) is 21.8 Å². The number of hydrogen-bond acceptors (Lipinski definition) is 3. The van der Waals surface area contributed by atoms with E-state index in [-0.39, 0.29) is 0 Å². The van der Waals surface area contributed by atoms with Gasteiger partial charge in [0.2, 0.25) is 0 Å². The second-order valence-electron chi connectivity index (χ2n) is 3.82. The fourth-order valence-corrected chi connectivity index (χ4v) is 2.03. The van der Waals surface area contributed by atoms with E-state index in [1.54, 1.807) is 0 Å². The summed E-state index contributed by atoms with van der Waals surface area (Å²) in [6, 6.07) is 1.88. The first-order valence-electron chi connectivity index (χ1n) is 5.39. The lowest BCUT2D eigenvalue weighted by molar-refractivity contribution is 0.219. The molecule has 14 heavy (non-hydrogen) atoms. The summed E-state index contributed by atoms with van der Waals surface area (Å²) in [5.74, 6) is 1.61. The summed E-state index contributed by atoms with van der Waals surface area (Å²) in [6.45, 7) is 5.78. The van der Waals surface area contributed by atoms with Crippen LogP contribution in [0.1, 0.15) is 31.5 Å². The smallest absolute Gasteiger partial charge is 0.131 e. The molecule has 0 radical (unpaired) electrons. The van der Waals surface area contributed by atoms with Crippen LogP contribution in [0.15, 0.2) is 18.5 Å². The van der Waals surface area contributed by atoms with Crippen molar-refractivity contribution in [2.45, 2.75) is 25.7 Å². The zero-order chi connectivity index (χ0) is 9.80. The van der Waals surface area contributed by atoms with E-state index in [0.717, 1.165) is 5.82 Å². The summed E-state index contributed by atoms with van der Waals surface area (Å²) in [6.07, 6.45) is 6.10. The first kappa shape index (κ1) is 9.59. The van der Waals surface area contributed by atoms with Gasteiger partial charge in [-0.25, -0.2) is 9.97 Å². The summed E-state index contributed by atoms with van der Waals surface area (Å²) < 4.78 is 0. The maximum atomic E-state index is 4.32. The molecule has 3 nitrogen and oxygen atoms in total.